The maximum atomic E-state index is 12.2. The topological polar surface area (TPSA) is 56.8 Å². The Labute approximate surface area is 147 Å². The Morgan fingerprint density at radius 1 is 1.20 bits per heavy atom. The summed E-state index contributed by atoms with van der Waals surface area (Å²) in [5, 5.41) is 2.89. The number of hydrogen-bond acceptors (Lipinski definition) is 4. The van der Waals surface area contributed by atoms with Crippen molar-refractivity contribution in [3.05, 3.63) is 59.7 Å². The van der Waals surface area contributed by atoms with E-state index in [9.17, 15) is 4.79 Å². The average molecular weight is 341 g/mol. The molecule has 0 radical (unpaired) electrons. The van der Waals surface area contributed by atoms with Crippen molar-refractivity contribution >= 4 is 11.6 Å². The van der Waals surface area contributed by atoms with Gasteiger partial charge in [0.15, 0.2) is 6.10 Å². The van der Waals surface area contributed by atoms with E-state index >= 15 is 0 Å². The number of nitrogens with one attached hydrogen (secondary N) is 1. The number of ether oxygens (including phenoxy) is 3. The third-order valence-corrected chi connectivity index (χ3v) is 4.15. The second-order valence-electron chi connectivity index (χ2n) is 6.07. The third-order valence-electron chi connectivity index (χ3n) is 4.15. The molecule has 1 heterocycles. The summed E-state index contributed by atoms with van der Waals surface area (Å²) in [7, 11) is 0. The Kier molecular flexibility index (Phi) is 5.68. The Balaban J connectivity index is 1.63. The predicted molar refractivity (Wildman–Crippen MR) is 95.9 cm³/mol. The van der Waals surface area contributed by atoms with Gasteiger partial charge in [0.2, 0.25) is 0 Å². The van der Waals surface area contributed by atoms with Crippen LogP contribution in [0.4, 0.5) is 5.69 Å². The number of rotatable bonds is 5. The Hall–Kier alpha value is -2.37. The molecule has 3 rings (SSSR count). The second-order valence-corrected chi connectivity index (χ2v) is 6.07. The molecule has 0 spiro atoms. The van der Waals surface area contributed by atoms with Gasteiger partial charge in [0, 0.05) is 5.69 Å². The standard InChI is InChI=1S/C20H23NO4/c1-14-12-17(25-15(2)16-6-4-3-5-7-16)8-9-18(14)21-20(22)19-13-23-10-11-24-19/h3-9,12,15,19H,10-11,13H2,1-2H3,(H,21,22)/t15-,19-/m0/s1. The third kappa shape index (κ3) is 4.59. The van der Waals surface area contributed by atoms with Gasteiger partial charge in [0.25, 0.3) is 5.91 Å². The van der Waals surface area contributed by atoms with Gasteiger partial charge >= 0.3 is 0 Å². The quantitative estimate of drug-likeness (QED) is 0.904. The fourth-order valence-electron chi connectivity index (χ4n) is 2.70. The summed E-state index contributed by atoms with van der Waals surface area (Å²) in [6.07, 6.45) is -0.601. The smallest absolute Gasteiger partial charge is 0.255 e. The first kappa shape index (κ1) is 17.5. The largest absolute Gasteiger partial charge is 0.486 e. The maximum absolute atomic E-state index is 12.2. The molecule has 2 aromatic rings. The average Bonchev–Trinajstić information content (AvgIpc) is 2.65. The van der Waals surface area contributed by atoms with Crippen LogP contribution in [0.2, 0.25) is 0 Å². The predicted octanol–water partition coefficient (Wildman–Crippen LogP) is 3.49. The molecule has 1 aliphatic heterocycles. The minimum absolute atomic E-state index is 0.0474. The van der Waals surface area contributed by atoms with Gasteiger partial charge < -0.3 is 19.5 Å². The van der Waals surface area contributed by atoms with E-state index in [0.29, 0.717) is 19.8 Å². The lowest BCUT2D eigenvalue weighted by Crippen LogP contribution is -2.39. The van der Waals surface area contributed by atoms with E-state index in [2.05, 4.69) is 5.32 Å². The summed E-state index contributed by atoms with van der Waals surface area (Å²) in [5.74, 6) is 0.582. The SMILES string of the molecule is Cc1cc(O[C@@H](C)c2ccccc2)ccc1NC(=O)[C@@H]1COCCO1. The molecular formula is C20H23NO4. The van der Waals surface area contributed by atoms with Crippen molar-refractivity contribution in [2.45, 2.75) is 26.1 Å². The Morgan fingerprint density at radius 2 is 2.00 bits per heavy atom. The van der Waals surface area contributed by atoms with E-state index in [-0.39, 0.29) is 12.0 Å². The van der Waals surface area contributed by atoms with Crippen molar-refractivity contribution in [3.8, 4) is 5.75 Å². The number of carbonyl (C=O) groups is 1. The second kappa shape index (κ2) is 8.14. The van der Waals surface area contributed by atoms with Crippen molar-refractivity contribution in [2.24, 2.45) is 0 Å². The molecule has 1 amide bonds. The van der Waals surface area contributed by atoms with Crippen molar-refractivity contribution in [1.82, 2.24) is 0 Å². The highest BCUT2D eigenvalue weighted by atomic mass is 16.6. The fraction of sp³-hybridized carbons (Fsp3) is 0.350. The van der Waals surface area contributed by atoms with Gasteiger partial charge in [-0.1, -0.05) is 30.3 Å². The first-order valence-corrected chi connectivity index (χ1v) is 8.46. The summed E-state index contributed by atoms with van der Waals surface area (Å²) in [6.45, 7) is 5.23. The normalized spacial score (nSPS) is 18.4. The highest BCUT2D eigenvalue weighted by Gasteiger charge is 2.23. The lowest BCUT2D eigenvalue weighted by Gasteiger charge is -2.22. The number of anilines is 1. The van der Waals surface area contributed by atoms with E-state index < -0.39 is 6.10 Å². The van der Waals surface area contributed by atoms with Crippen LogP contribution in [0.5, 0.6) is 5.75 Å². The zero-order valence-electron chi connectivity index (χ0n) is 14.5. The van der Waals surface area contributed by atoms with Gasteiger partial charge in [-0.2, -0.15) is 0 Å². The molecule has 0 unspecified atom stereocenters. The van der Waals surface area contributed by atoms with Crippen molar-refractivity contribution in [3.63, 3.8) is 0 Å². The number of amides is 1. The van der Waals surface area contributed by atoms with Crippen molar-refractivity contribution < 1.29 is 19.0 Å². The lowest BCUT2D eigenvalue weighted by atomic mass is 10.1. The van der Waals surface area contributed by atoms with Gasteiger partial charge in [0.1, 0.15) is 11.9 Å². The first-order valence-electron chi connectivity index (χ1n) is 8.46. The first-order chi connectivity index (χ1) is 12.1. The lowest BCUT2D eigenvalue weighted by molar-refractivity contribution is -0.142. The summed E-state index contributed by atoms with van der Waals surface area (Å²) in [4.78, 5) is 12.2. The molecule has 0 bridgehead atoms. The fourth-order valence-corrected chi connectivity index (χ4v) is 2.70. The van der Waals surface area contributed by atoms with Crippen LogP contribution in [0.1, 0.15) is 24.2 Å². The van der Waals surface area contributed by atoms with Crippen LogP contribution >= 0.6 is 0 Å². The molecule has 0 aliphatic carbocycles. The molecule has 25 heavy (non-hydrogen) atoms. The number of hydrogen-bond donors (Lipinski definition) is 1. The molecule has 5 nitrogen and oxygen atoms in total. The summed E-state index contributed by atoms with van der Waals surface area (Å²) in [6, 6.07) is 15.7. The minimum atomic E-state index is -0.554. The molecule has 5 heteroatoms. The van der Waals surface area contributed by atoms with Gasteiger partial charge in [-0.15, -0.1) is 0 Å². The van der Waals surface area contributed by atoms with E-state index in [0.717, 1.165) is 22.6 Å². The zero-order valence-corrected chi connectivity index (χ0v) is 14.5. The van der Waals surface area contributed by atoms with Crippen molar-refractivity contribution in [1.29, 1.82) is 0 Å². The van der Waals surface area contributed by atoms with Crippen LogP contribution in [-0.2, 0) is 14.3 Å². The molecule has 2 aromatic carbocycles. The van der Waals surface area contributed by atoms with E-state index in [1.807, 2.05) is 62.4 Å². The minimum Gasteiger partial charge on any atom is -0.486 e. The molecule has 0 saturated carbocycles. The Morgan fingerprint density at radius 3 is 2.68 bits per heavy atom. The van der Waals surface area contributed by atoms with Crippen molar-refractivity contribution in [2.75, 3.05) is 25.1 Å². The van der Waals surface area contributed by atoms with E-state index in [4.69, 9.17) is 14.2 Å². The van der Waals surface area contributed by atoms with Gasteiger partial charge in [-0.25, -0.2) is 0 Å². The summed E-state index contributed by atoms with van der Waals surface area (Å²) < 4.78 is 16.7. The van der Waals surface area contributed by atoms with Crippen LogP contribution in [0.3, 0.4) is 0 Å². The Bertz CT molecular complexity index is 711. The highest BCUT2D eigenvalue weighted by molar-refractivity contribution is 5.95. The van der Waals surface area contributed by atoms with Crippen LogP contribution in [0.15, 0.2) is 48.5 Å². The molecule has 2 atom stereocenters. The summed E-state index contributed by atoms with van der Waals surface area (Å²) >= 11 is 0. The van der Waals surface area contributed by atoms with Gasteiger partial charge in [-0.3, -0.25) is 4.79 Å². The molecule has 1 N–H and O–H groups in total. The molecule has 132 valence electrons. The molecule has 1 aliphatic rings. The van der Waals surface area contributed by atoms with Gasteiger partial charge in [-0.05, 0) is 43.2 Å². The zero-order chi connectivity index (χ0) is 17.6. The molecule has 1 fully saturated rings. The molecule has 0 aromatic heterocycles. The highest BCUT2D eigenvalue weighted by Crippen LogP contribution is 2.26. The van der Waals surface area contributed by atoms with Crippen LogP contribution in [0, 0.1) is 6.92 Å². The number of aryl methyl sites for hydroxylation is 1. The maximum Gasteiger partial charge on any atom is 0.255 e. The number of carbonyl (C=O) groups excluding carboxylic acids is 1. The van der Waals surface area contributed by atoms with E-state index in [1.165, 1.54) is 0 Å². The van der Waals surface area contributed by atoms with Gasteiger partial charge in [0.05, 0.1) is 19.8 Å². The molecule has 1 saturated heterocycles. The molecular weight excluding hydrogens is 318 g/mol. The summed E-state index contributed by atoms with van der Waals surface area (Å²) in [5.41, 5.74) is 2.80. The van der Waals surface area contributed by atoms with Crippen LogP contribution in [0.25, 0.3) is 0 Å². The van der Waals surface area contributed by atoms with Crippen LogP contribution in [-0.4, -0.2) is 31.8 Å². The number of benzene rings is 2. The van der Waals surface area contributed by atoms with E-state index in [1.54, 1.807) is 0 Å². The van der Waals surface area contributed by atoms with Crippen LogP contribution < -0.4 is 10.1 Å². The monoisotopic (exact) mass is 341 g/mol.